The van der Waals surface area contributed by atoms with Crippen LogP contribution in [0.1, 0.15) is 4.88 Å². The van der Waals surface area contributed by atoms with Gasteiger partial charge in [-0.05, 0) is 40.8 Å². The summed E-state index contributed by atoms with van der Waals surface area (Å²) in [6, 6.07) is 15.5. The third-order valence-corrected chi connectivity index (χ3v) is 4.08. The quantitative estimate of drug-likeness (QED) is 0.689. The van der Waals surface area contributed by atoms with Crippen molar-refractivity contribution < 1.29 is 8.78 Å². The maximum atomic E-state index is 13.5. The molecule has 0 aliphatic heterocycles. The minimum absolute atomic E-state index is 0.185. The van der Waals surface area contributed by atoms with E-state index in [2.05, 4.69) is 16.8 Å². The summed E-state index contributed by atoms with van der Waals surface area (Å²) in [4.78, 5) is 1.07. The van der Waals surface area contributed by atoms with Gasteiger partial charge < -0.3 is 5.32 Å². The normalized spacial score (nSPS) is 10.6. The zero-order valence-electron chi connectivity index (χ0n) is 11.1. The first-order valence-electron chi connectivity index (χ1n) is 6.54. The Morgan fingerprint density at radius 2 is 1.71 bits per heavy atom. The maximum Gasteiger partial charge on any atom is 0.146 e. The second kappa shape index (κ2) is 6.06. The molecule has 2 aromatic carbocycles. The Balaban J connectivity index is 1.72. The fourth-order valence-corrected chi connectivity index (χ4v) is 2.90. The summed E-state index contributed by atoms with van der Waals surface area (Å²) >= 11 is 1.59. The first-order valence-corrected chi connectivity index (χ1v) is 7.42. The van der Waals surface area contributed by atoms with Crippen LogP contribution < -0.4 is 5.32 Å². The lowest BCUT2D eigenvalue weighted by Crippen LogP contribution is -2.00. The van der Waals surface area contributed by atoms with Crippen molar-refractivity contribution in [2.75, 3.05) is 5.32 Å². The van der Waals surface area contributed by atoms with Gasteiger partial charge in [-0.25, -0.2) is 8.78 Å². The number of hydrogen-bond donors (Lipinski definition) is 1. The number of hydrogen-bond acceptors (Lipinski definition) is 2. The smallest absolute Gasteiger partial charge is 0.146 e. The van der Waals surface area contributed by atoms with Crippen molar-refractivity contribution in [1.29, 1.82) is 0 Å². The van der Waals surface area contributed by atoms with Crippen LogP contribution in [0.5, 0.6) is 0 Å². The van der Waals surface area contributed by atoms with Gasteiger partial charge in [0.1, 0.15) is 11.6 Å². The maximum absolute atomic E-state index is 13.5. The molecule has 4 heteroatoms. The van der Waals surface area contributed by atoms with E-state index in [0.29, 0.717) is 6.54 Å². The van der Waals surface area contributed by atoms with E-state index in [4.69, 9.17) is 0 Å². The number of rotatable bonds is 4. The first-order chi connectivity index (χ1) is 10.2. The molecule has 0 radical (unpaired) electrons. The Hall–Kier alpha value is -2.20. The molecule has 0 bridgehead atoms. The molecule has 0 aliphatic carbocycles. The Bertz CT molecular complexity index is 738. The van der Waals surface area contributed by atoms with Gasteiger partial charge in [-0.1, -0.05) is 30.3 Å². The van der Waals surface area contributed by atoms with Gasteiger partial charge in [0.2, 0.25) is 0 Å². The van der Waals surface area contributed by atoms with Crippen molar-refractivity contribution in [2.24, 2.45) is 0 Å². The predicted octanol–water partition coefficient (Wildman–Crippen LogP) is 5.31. The van der Waals surface area contributed by atoms with Crippen molar-refractivity contribution >= 4 is 17.0 Å². The molecule has 0 saturated heterocycles. The van der Waals surface area contributed by atoms with Crippen molar-refractivity contribution in [3.63, 3.8) is 0 Å². The summed E-state index contributed by atoms with van der Waals surface area (Å²) in [5.41, 5.74) is 2.47. The molecule has 0 saturated carbocycles. The van der Waals surface area contributed by atoms with Crippen LogP contribution in [0, 0.1) is 11.6 Å². The average Bonchev–Trinajstić information content (AvgIpc) is 2.98. The van der Waals surface area contributed by atoms with E-state index in [1.807, 2.05) is 30.3 Å². The van der Waals surface area contributed by atoms with Crippen LogP contribution in [0.3, 0.4) is 0 Å². The number of thiophene rings is 1. The highest BCUT2D eigenvalue weighted by Gasteiger charge is 2.05. The van der Waals surface area contributed by atoms with Crippen molar-refractivity contribution in [1.82, 2.24) is 0 Å². The Morgan fingerprint density at radius 1 is 0.905 bits per heavy atom. The zero-order chi connectivity index (χ0) is 14.7. The SMILES string of the molecule is Fc1ccc(F)c(NCc2cc(-c3ccccc3)cs2)c1. The molecular formula is C17H13F2NS. The number of halogens is 2. The molecule has 1 nitrogen and oxygen atoms in total. The number of anilines is 1. The molecule has 1 heterocycles. The van der Waals surface area contributed by atoms with Gasteiger partial charge in [0.15, 0.2) is 0 Å². The van der Waals surface area contributed by atoms with Crippen LogP contribution in [0.15, 0.2) is 60.0 Å². The molecule has 1 N–H and O–H groups in total. The average molecular weight is 301 g/mol. The lowest BCUT2D eigenvalue weighted by Gasteiger charge is -2.06. The van der Waals surface area contributed by atoms with Crippen LogP contribution in [0.25, 0.3) is 11.1 Å². The Morgan fingerprint density at radius 3 is 2.52 bits per heavy atom. The summed E-state index contributed by atoms with van der Waals surface area (Å²) in [6.07, 6.45) is 0. The monoisotopic (exact) mass is 301 g/mol. The van der Waals surface area contributed by atoms with Gasteiger partial charge >= 0.3 is 0 Å². The van der Waals surface area contributed by atoms with Gasteiger partial charge in [0, 0.05) is 11.4 Å². The highest BCUT2D eigenvalue weighted by atomic mass is 32.1. The fraction of sp³-hybridized carbons (Fsp3) is 0.0588. The molecule has 3 rings (SSSR count). The minimum atomic E-state index is -0.449. The molecule has 106 valence electrons. The fourth-order valence-electron chi connectivity index (χ4n) is 2.07. The van der Waals surface area contributed by atoms with Crippen LogP contribution in [-0.2, 0) is 6.54 Å². The van der Waals surface area contributed by atoms with E-state index >= 15 is 0 Å². The predicted molar refractivity (Wildman–Crippen MR) is 83.4 cm³/mol. The van der Waals surface area contributed by atoms with Gasteiger partial charge in [-0.2, -0.15) is 0 Å². The highest BCUT2D eigenvalue weighted by Crippen LogP contribution is 2.26. The number of nitrogens with one attached hydrogen (secondary N) is 1. The molecule has 0 spiro atoms. The van der Waals surface area contributed by atoms with Gasteiger partial charge in [0.05, 0.1) is 5.69 Å². The molecule has 1 aromatic heterocycles. The second-order valence-electron chi connectivity index (χ2n) is 4.65. The molecule has 0 aliphatic rings. The lowest BCUT2D eigenvalue weighted by atomic mass is 10.1. The van der Waals surface area contributed by atoms with E-state index in [9.17, 15) is 8.78 Å². The van der Waals surface area contributed by atoms with Crippen molar-refractivity contribution in [2.45, 2.75) is 6.54 Å². The van der Waals surface area contributed by atoms with Crippen LogP contribution in [0.2, 0.25) is 0 Å². The molecule has 21 heavy (non-hydrogen) atoms. The Labute approximate surface area is 125 Å². The highest BCUT2D eigenvalue weighted by molar-refractivity contribution is 7.10. The molecule has 3 aromatic rings. The third kappa shape index (κ3) is 3.28. The summed E-state index contributed by atoms with van der Waals surface area (Å²) in [7, 11) is 0. The molecule has 0 amide bonds. The number of benzene rings is 2. The van der Waals surface area contributed by atoms with E-state index in [1.54, 1.807) is 11.3 Å². The Kier molecular flexibility index (Phi) is 3.97. The molecular weight excluding hydrogens is 288 g/mol. The van der Waals surface area contributed by atoms with Gasteiger partial charge in [-0.3, -0.25) is 0 Å². The largest absolute Gasteiger partial charge is 0.378 e. The van der Waals surface area contributed by atoms with Crippen LogP contribution >= 0.6 is 11.3 Å². The topological polar surface area (TPSA) is 12.0 Å². The van der Waals surface area contributed by atoms with E-state index < -0.39 is 11.6 Å². The first kappa shape index (κ1) is 13.8. The summed E-state index contributed by atoms with van der Waals surface area (Å²) in [5.74, 6) is -0.897. The third-order valence-electron chi connectivity index (χ3n) is 3.14. The van der Waals surface area contributed by atoms with Gasteiger partial charge in [-0.15, -0.1) is 11.3 Å². The standard InChI is InChI=1S/C17H13F2NS/c18-14-6-7-16(19)17(9-14)20-10-15-8-13(11-21-15)12-4-2-1-3-5-12/h1-9,11,20H,10H2. The molecule has 0 unspecified atom stereocenters. The van der Waals surface area contributed by atoms with E-state index in [-0.39, 0.29) is 5.69 Å². The van der Waals surface area contributed by atoms with Crippen LogP contribution in [-0.4, -0.2) is 0 Å². The lowest BCUT2D eigenvalue weighted by molar-refractivity contribution is 0.602. The molecule has 0 fully saturated rings. The minimum Gasteiger partial charge on any atom is -0.378 e. The van der Waals surface area contributed by atoms with Crippen LogP contribution in [0.4, 0.5) is 14.5 Å². The molecule has 0 atom stereocenters. The summed E-state index contributed by atoms with van der Waals surface area (Å²) < 4.78 is 26.6. The van der Waals surface area contributed by atoms with Crippen molar-refractivity contribution in [3.05, 3.63) is 76.5 Å². The second-order valence-corrected chi connectivity index (χ2v) is 5.64. The summed E-state index contributed by atoms with van der Waals surface area (Å²) in [6.45, 7) is 0.470. The van der Waals surface area contributed by atoms with Gasteiger partial charge in [0.25, 0.3) is 0 Å². The van der Waals surface area contributed by atoms with Crippen molar-refractivity contribution in [3.8, 4) is 11.1 Å². The zero-order valence-corrected chi connectivity index (χ0v) is 12.0. The van der Waals surface area contributed by atoms with E-state index in [0.717, 1.165) is 28.1 Å². The summed E-state index contributed by atoms with van der Waals surface area (Å²) in [5, 5.41) is 4.99. The van der Waals surface area contributed by atoms with E-state index in [1.165, 1.54) is 6.07 Å².